The molecule has 0 aromatic carbocycles. The molecule has 0 aliphatic rings. The van der Waals surface area contributed by atoms with Gasteiger partial charge in [0.25, 0.3) is 0 Å². The smallest absolute Gasteiger partial charge is 0.199 e. The van der Waals surface area contributed by atoms with Crippen molar-refractivity contribution in [3.63, 3.8) is 0 Å². The second-order valence-corrected chi connectivity index (χ2v) is 3.12. The zero-order chi connectivity index (χ0) is 9.68. The summed E-state index contributed by atoms with van der Waals surface area (Å²) in [6.07, 6.45) is 5.16. The quantitative estimate of drug-likeness (QED) is 0.509. The van der Waals surface area contributed by atoms with Gasteiger partial charge in [-0.05, 0) is 6.42 Å². The van der Waals surface area contributed by atoms with E-state index in [2.05, 4.69) is 15.6 Å². The largest absolute Gasteiger partial charge is 0.385 e. The van der Waals surface area contributed by atoms with Crippen LogP contribution in [0.2, 0.25) is 0 Å². The molecule has 1 heterocycles. The number of hydrogen-bond acceptors (Lipinski definition) is 2. The molecule has 0 unspecified atom stereocenters. The Morgan fingerprint density at radius 3 is 2.92 bits per heavy atom. The first kappa shape index (κ1) is 10.2. The summed E-state index contributed by atoms with van der Waals surface area (Å²) in [5, 5.41) is 0. The molecule has 2 N–H and O–H groups in total. The molecule has 0 aliphatic carbocycles. The van der Waals surface area contributed by atoms with Gasteiger partial charge in [0.1, 0.15) is 0 Å². The van der Waals surface area contributed by atoms with Gasteiger partial charge in [0.15, 0.2) is 13.2 Å². The monoisotopic (exact) mass is 184 g/mol. The average molecular weight is 184 g/mol. The van der Waals surface area contributed by atoms with Crippen LogP contribution in [0, 0.1) is 0 Å². The minimum atomic E-state index is 0.602. The van der Waals surface area contributed by atoms with E-state index in [0.717, 1.165) is 19.6 Å². The Kier molecular flexibility index (Phi) is 3.92. The lowest BCUT2D eigenvalue weighted by molar-refractivity contribution is -0.753. The van der Waals surface area contributed by atoms with Gasteiger partial charge in [-0.2, -0.15) is 4.68 Å². The highest BCUT2D eigenvalue weighted by atomic mass is 16.5. The van der Waals surface area contributed by atoms with Crippen LogP contribution in [-0.2, 0) is 24.9 Å². The van der Waals surface area contributed by atoms with Crippen molar-refractivity contribution in [2.75, 3.05) is 13.7 Å². The maximum atomic E-state index is 5.54. The van der Waals surface area contributed by atoms with Gasteiger partial charge in [-0.25, -0.2) is 0 Å². The molecule has 4 nitrogen and oxygen atoms in total. The fourth-order valence-electron chi connectivity index (χ4n) is 1.33. The Morgan fingerprint density at radius 1 is 1.62 bits per heavy atom. The number of methoxy groups -OCH3 is 1. The number of hydrogen-bond donors (Lipinski definition) is 1. The van der Waals surface area contributed by atoms with Gasteiger partial charge in [-0.3, -0.25) is 0 Å². The van der Waals surface area contributed by atoms with E-state index < -0.39 is 0 Å². The van der Waals surface area contributed by atoms with E-state index >= 15 is 0 Å². The summed E-state index contributed by atoms with van der Waals surface area (Å²) < 4.78 is 9.18. The molecule has 0 spiro atoms. The fraction of sp³-hybridized carbons (Fsp3) is 0.667. The molecule has 0 bridgehead atoms. The second-order valence-electron chi connectivity index (χ2n) is 3.12. The molecular formula is C9H18N3O+. The molecule has 0 aliphatic heterocycles. The number of aryl methyl sites for hydroxylation is 2. The summed E-state index contributed by atoms with van der Waals surface area (Å²) in [5.41, 5.74) is 6.70. The van der Waals surface area contributed by atoms with Crippen molar-refractivity contribution in [2.24, 2.45) is 12.8 Å². The normalized spacial score (nSPS) is 10.7. The molecule has 1 aromatic heterocycles. The molecule has 0 radical (unpaired) electrons. The van der Waals surface area contributed by atoms with E-state index in [1.165, 1.54) is 5.56 Å². The van der Waals surface area contributed by atoms with Crippen LogP contribution >= 0.6 is 0 Å². The summed E-state index contributed by atoms with van der Waals surface area (Å²) in [5.74, 6) is 0. The maximum Gasteiger partial charge on any atom is 0.199 e. The van der Waals surface area contributed by atoms with Crippen molar-refractivity contribution in [1.29, 1.82) is 0 Å². The average Bonchev–Trinajstić information content (AvgIpc) is 2.48. The summed E-state index contributed by atoms with van der Waals surface area (Å²) in [6.45, 7) is 2.38. The molecule has 74 valence electrons. The van der Waals surface area contributed by atoms with Gasteiger partial charge in [-0.1, -0.05) is 0 Å². The third kappa shape index (κ3) is 2.82. The van der Waals surface area contributed by atoms with Crippen LogP contribution in [0.25, 0.3) is 0 Å². The third-order valence-corrected chi connectivity index (χ3v) is 2.04. The van der Waals surface area contributed by atoms with Crippen LogP contribution in [0.15, 0.2) is 12.4 Å². The van der Waals surface area contributed by atoms with Crippen LogP contribution in [0.3, 0.4) is 0 Å². The third-order valence-electron chi connectivity index (χ3n) is 2.04. The summed E-state index contributed by atoms with van der Waals surface area (Å²) >= 11 is 0. The Hall–Kier alpha value is -0.870. The van der Waals surface area contributed by atoms with E-state index in [1.54, 1.807) is 7.11 Å². The number of nitrogens with zero attached hydrogens (tertiary/aromatic N) is 2. The Morgan fingerprint density at radius 2 is 2.38 bits per heavy atom. The van der Waals surface area contributed by atoms with E-state index in [9.17, 15) is 0 Å². The van der Waals surface area contributed by atoms with Crippen LogP contribution in [0.4, 0.5) is 0 Å². The van der Waals surface area contributed by atoms with Gasteiger partial charge in [-0.15, -0.1) is 4.68 Å². The predicted molar refractivity (Wildman–Crippen MR) is 50.0 cm³/mol. The van der Waals surface area contributed by atoms with E-state index in [-0.39, 0.29) is 0 Å². The highest BCUT2D eigenvalue weighted by Gasteiger charge is 2.06. The van der Waals surface area contributed by atoms with E-state index in [1.807, 2.05) is 13.2 Å². The number of aromatic nitrogens is 2. The van der Waals surface area contributed by atoms with Crippen molar-refractivity contribution >= 4 is 0 Å². The topological polar surface area (TPSA) is 44.1 Å². The van der Waals surface area contributed by atoms with Crippen molar-refractivity contribution in [3.8, 4) is 0 Å². The fourth-order valence-corrected chi connectivity index (χ4v) is 1.33. The number of rotatable bonds is 5. The molecular weight excluding hydrogens is 166 g/mol. The van der Waals surface area contributed by atoms with Crippen molar-refractivity contribution < 1.29 is 9.42 Å². The van der Waals surface area contributed by atoms with E-state index in [4.69, 9.17) is 10.5 Å². The molecule has 1 aromatic rings. The highest BCUT2D eigenvalue weighted by molar-refractivity contribution is 4.98. The Bertz CT molecular complexity index is 257. The zero-order valence-corrected chi connectivity index (χ0v) is 8.36. The van der Waals surface area contributed by atoms with Gasteiger partial charge < -0.3 is 10.5 Å². The van der Waals surface area contributed by atoms with E-state index in [0.29, 0.717) is 6.54 Å². The molecule has 1 rings (SSSR count). The lowest BCUT2D eigenvalue weighted by atomic mass is 10.4. The standard InChI is InChI=1S/C9H18N3O/c1-11-7-9(6-10)8-12(11)4-3-5-13-2/h7-8H,3-6,10H2,1-2H3/q+1. The lowest BCUT2D eigenvalue weighted by Crippen LogP contribution is -2.38. The first-order chi connectivity index (χ1) is 6.27. The highest BCUT2D eigenvalue weighted by Crippen LogP contribution is 1.95. The predicted octanol–water partition coefficient (Wildman–Crippen LogP) is -0.192. The molecule has 0 atom stereocenters. The lowest BCUT2D eigenvalue weighted by Gasteiger charge is -1.98. The SMILES string of the molecule is COCCCn1cc(CN)c[n+]1C. The number of ether oxygens (including phenoxy) is 1. The van der Waals surface area contributed by atoms with Crippen molar-refractivity contribution in [3.05, 3.63) is 18.0 Å². The van der Waals surface area contributed by atoms with Crippen LogP contribution < -0.4 is 10.4 Å². The Balaban J connectivity index is 2.50. The summed E-state index contributed by atoms with van der Waals surface area (Å²) in [4.78, 5) is 0. The molecule has 0 saturated carbocycles. The molecule has 13 heavy (non-hydrogen) atoms. The van der Waals surface area contributed by atoms with Crippen molar-refractivity contribution in [1.82, 2.24) is 4.68 Å². The van der Waals surface area contributed by atoms with Gasteiger partial charge in [0, 0.05) is 20.3 Å². The minimum absolute atomic E-state index is 0.602. The molecule has 0 saturated heterocycles. The molecule has 4 heteroatoms. The van der Waals surface area contributed by atoms with Gasteiger partial charge in [0.2, 0.25) is 0 Å². The van der Waals surface area contributed by atoms with Gasteiger partial charge >= 0.3 is 0 Å². The Labute approximate surface area is 78.9 Å². The first-order valence-electron chi connectivity index (χ1n) is 4.52. The van der Waals surface area contributed by atoms with Crippen LogP contribution in [-0.4, -0.2) is 18.4 Å². The summed E-state index contributed by atoms with van der Waals surface area (Å²) in [7, 11) is 3.74. The zero-order valence-electron chi connectivity index (χ0n) is 8.36. The maximum absolute atomic E-state index is 5.54. The first-order valence-corrected chi connectivity index (χ1v) is 4.52. The van der Waals surface area contributed by atoms with Crippen LogP contribution in [0.1, 0.15) is 12.0 Å². The summed E-state index contributed by atoms with van der Waals surface area (Å²) in [6, 6.07) is 0. The van der Waals surface area contributed by atoms with Crippen LogP contribution in [0.5, 0.6) is 0 Å². The second kappa shape index (κ2) is 4.99. The molecule has 0 amide bonds. The molecule has 0 fully saturated rings. The van der Waals surface area contributed by atoms with Crippen molar-refractivity contribution in [2.45, 2.75) is 19.5 Å². The minimum Gasteiger partial charge on any atom is -0.385 e. The number of nitrogens with two attached hydrogens (primary N) is 1. The van der Waals surface area contributed by atoms with Gasteiger partial charge in [0.05, 0.1) is 18.3 Å².